The summed E-state index contributed by atoms with van der Waals surface area (Å²) in [6, 6.07) is 5.29. The first kappa shape index (κ1) is 21.4. The van der Waals surface area contributed by atoms with Crippen LogP contribution in [0.4, 0.5) is 23.2 Å². The number of carbonyl (C=O) groups is 1. The highest BCUT2D eigenvalue weighted by Gasteiger charge is 2.38. The average molecular weight is 419 g/mol. The first-order valence-electron chi connectivity index (χ1n) is 7.79. The van der Waals surface area contributed by atoms with Crippen LogP contribution in [0.15, 0.2) is 24.4 Å². The Kier molecular flexibility index (Phi) is 6.45. The number of hydrogen-bond acceptors (Lipinski definition) is 4. The van der Waals surface area contributed by atoms with Gasteiger partial charge in [-0.1, -0.05) is 11.6 Å². The number of nitrogens with zero attached hydrogens (tertiary/aromatic N) is 2. The number of H-pyrrole nitrogens is 1. The number of carboxylic acids is 1. The predicted octanol–water partition coefficient (Wildman–Crippen LogP) is 4.61. The molecule has 6 nitrogen and oxygen atoms in total. The van der Waals surface area contributed by atoms with Crippen molar-refractivity contribution in [1.29, 1.82) is 0 Å². The maximum absolute atomic E-state index is 13.6. The molecule has 3 N–H and O–H groups in total. The summed E-state index contributed by atoms with van der Waals surface area (Å²) in [5.41, 5.74) is 2.88. The third-order valence-corrected chi connectivity index (χ3v) is 3.97. The van der Waals surface area contributed by atoms with E-state index >= 15 is 0 Å². The summed E-state index contributed by atoms with van der Waals surface area (Å²) in [4.78, 5) is 20.3. The van der Waals surface area contributed by atoms with Crippen LogP contribution in [-0.2, 0) is 11.3 Å². The monoisotopic (exact) mass is 418 g/mol. The van der Waals surface area contributed by atoms with E-state index in [-0.39, 0.29) is 5.82 Å². The lowest BCUT2D eigenvalue weighted by molar-refractivity contribution is -0.192. The SMILES string of the molecule is Cc1nc(CNc2ccc3c(F)cnc(Cl)c3c2)[nH]c1C.O=C(O)C(F)(F)F. The molecular weight excluding hydrogens is 404 g/mol. The Balaban J connectivity index is 0.000000345. The highest BCUT2D eigenvalue weighted by atomic mass is 35.5. The number of anilines is 1. The van der Waals surface area contributed by atoms with Gasteiger partial charge in [-0.25, -0.2) is 19.2 Å². The lowest BCUT2D eigenvalue weighted by Gasteiger charge is -2.07. The topological polar surface area (TPSA) is 90.9 Å². The number of aromatic amines is 1. The zero-order valence-electron chi connectivity index (χ0n) is 14.7. The molecule has 0 aliphatic heterocycles. The fraction of sp³-hybridized carbons (Fsp3) is 0.235. The molecule has 0 spiro atoms. The molecule has 0 unspecified atom stereocenters. The third-order valence-electron chi connectivity index (χ3n) is 3.67. The number of nitrogens with one attached hydrogen (secondary N) is 2. The van der Waals surface area contributed by atoms with Gasteiger partial charge in [-0.3, -0.25) is 0 Å². The third kappa shape index (κ3) is 5.32. The van der Waals surface area contributed by atoms with Crippen LogP contribution in [0.25, 0.3) is 10.8 Å². The number of rotatable bonds is 3. The van der Waals surface area contributed by atoms with E-state index in [9.17, 15) is 17.6 Å². The summed E-state index contributed by atoms with van der Waals surface area (Å²) in [5, 5.41) is 11.7. The van der Waals surface area contributed by atoms with Crippen LogP contribution in [-0.4, -0.2) is 32.2 Å². The van der Waals surface area contributed by atoms with Crippen molar-refractivity contribution in [3.8, 4) is 0 Å². The highest BCUT2D eigenvalue weighted by molar-refractivity contribution is 6.34. The first-order valence-corrected chi connectivity index (χ1v) is 8.16. The number of halogens is 5. The molecule has 2 heterocycles. The molecule has 3 rings (SSSR count). The van der Waals surface area contributed by atoms with Gasteiger partial charge in [0.15, 0.2) is 0 Å². The Bertz CT molecular complexity index is 985. The highest BCUT2D eigenvalue weighted by Crippen LogP contribution is 2.26. The van der Waals surface area contributed by atoms with E-state index in [0.717, 1.165) is 29.1 Å². The summed E-state index contributed by atoms with van der Waals surface area (Å²) in [6.45, 7) is 4.50. The molecule has 0 saturated heterocycles. The van der Waals surface area contributed by atoms with Crippen LogP contribution in [0.2, 0.25) is 5.15 Å². The molecule has 0 atom stereocenters. The van der Waals surface area contributed by atoms with Crippen LogP contribution in [0.1, 0.15) is 17.2 Å². The molecule has 2 aromatic heterocycles. The minimum absolute atomic E-state index is 0.291. The van der Waals surface area contributed by atoms with Gasteiger partial charge in [0.2, 0.25) is 0 Å². The number of hydrogen-bond donors (Lipinski definition) is 3. The van der Waals surface area contributed by atoms with Crippen molar-refractivity contribution < 1.29 is 27.5 Å². The van der Waals surface area contributed by atoms with Crippen molar-refractivity contribution in [2.45, 2.75) is 26.6 Å². The molecule has 0 bridgehead atoms. The fourth-order valence-electron chi connectivity index (χ4n) is 2.18. The van der Waals surface area contributed by atoms with Crippen molar-refractivity contribution in [1.82, 2.24) is 15.0 Å². The van der Waals surface area contributed by atoms with Crippen molar-refractivity contribution in [2.24, 2.45) is 0 Å². The summed E-state index contributed by atoms with van der Waals surface area (Å²) >= 11 is 6.02. The molecule has 11 heteroatoms. The first-order chi connectivity index (χ1) is 13.0. The standard InChI is InChI=1S/C15H14ClFN4.C2HF3O2/c1-8-9(2)21-14(20-8)7-18-10-3-4-11-12(5-10)15(16)19-6-13(11)17;3-2(4,5)1(6)7/h3-6,18H,7H2,1-2H3,(H,20,21);(H,6,7). The van der Waals surface area contributed by atoms with Crippen molar-refractivity contribution in [3.63, 3.8) is 0 Å². The second kappa shape index (κ2) is 8.42. The van der Waals surface area contributed by atoms with Gasteiger partial charge in [-0.05, 0) is 32.0 Å². The van der Waals surface area contributed by atoms with E-state index in [2.05, 4.69) is 20.3 Å². The molecule has 0 aliphatic carbocycles. The van der Waals surface area contributed by atoms with Crippen LogP contribution in [0, 0.1) is 19.7 Å². The van der Waals surface area contributed by atoms with Crippen molar-refractivity contribution in [3.05, 3.63) is 52.6 Å². The van der Waals surface area contributed by atoms with Gasteiger partial charge in [0, 0.05) is 22.2 Å². The van der Waals surface area contributed by atoms with Gasteiger partial charge in [0.05, 0.1) is 18.4 Å². The smallest absolute Gasteiger partial charge is 0.475 e. The second-order valence-corrected chi connectivity index (χ2v) is 6.07. The minimum atomic E-state index is -5.08. The summed E-state index contributed by atoms with van der Waals surface area (Å²) < 4.78 is 45.4. The van der Waals surface area contributed by atoms with E-state index in [0.29, 0.717) is 22.5 Å². The molecule has 1 aromatic carbocycles. The molecule has 28 heavy (non-hydrogen) atoms. The summed E-state index contributed by atoms with van der Waals surface area (Å²) in [7, 11) is 0. The Labute approximate surface area is 161 Å². The zero-order chi connectivity index (χ0) is 21.1. The van der Waals surface area contributed by atoms with Crippen molar-refractivity contribution in [2.75, 3.05) is 5.32 Å². The number of imidazole rings is 1. The number of pyridine rings is 1. The average Bonchev–Trinajstić information content (AvgIpc) is 2.94. The quantitative estimate of drug-likeness (QED) is 0.426. The number of fused-ring (bicyclic) bond motifs is 1. The Morgan fingerprint density at radius 1 is 1.29 bits per heavy atom. The molecular formula is C17H15ClF4N4O2. The summed E-state index contributed by atoms with van der Waals surface area (Å²) in [5.74, 6) is -2.28. The predicted molar refractivity (Wildman–Crippen MR) is 95.8 cm³/mol. The maximum atomic E-state index is 13.6. The van der Waals surface area contributed by atoms with Gasteiger partial charge < -0.3 is 15.4 Å². The lowest BCUT2D eigenvalue weighted by Crippen LogP contribution is -2.21. The molecule has 0 saturated carbocycles. The maximum Gasteiger partial charge on any atom is 0.490 e. The van der Waals surface area contributed by atoms with E-state index in [1.165, 1.54) is 0 Å². The number of aromatic nitrogens is 3. The molecule has 0 amide bonds. The Hall–Kier alpha value is -2.88. The molecule has 0 aliphatic rings. The molecule has 3 aromatic rings. The van der Waals surface area contributed by atoms with Crippen LogP contribution < -0.4 is 5.32 Å². The zero-order valence-corrected chi connectivity index (χ0v) is 15.4. The van der Waals surface area contributed by atoms with E-state index in [1.54, 1.807) is 12.1 Å². The van der Waals surface area contributed by atoms with Gasteiger partial charge in [-0.15, -0.1) is 0 Å². The normalized spacial score (nSPS) is 11.1. The second-order valence-electron chi connectivity index (χ2n) is 5.71. The van der Waals surface area contributed by atoms with Gasteiger partial charge in [0.1, 0.15) is 16.8 Å². The van der Waals surface area contributed by atoms with Gasteiger partial charge in [0.25, 0.3) is 0 Å². The fourth-order valence-corrected chi connectivity index (χ4v) is 2.38. The van der Waals surface area contributed by atoms with Gasteiger partial charge >= 0.3 is 12.1 Å². The molecule has 0 radical (unpaired) electrons. The Morgan fingerprint density at radius 2 is 1.93 bits per heavy atom. The minimum Gasteiger partial charge on any atom is -0.475 e. The number of aliphatic carboxylic acids is 1. The number of carboxylic acid groups (broad SMARTS) is 1. The number of benzene rings is 1. The van der Waals surface area contributed by atoms with Crippen LogP contribution in [0.3, 0.4) is 0 Å². The van der Waals surface area contributed by atoms with Gasteiger partial charge in [-0.2, -0.15) is 13.2 Å². The number of alkyl halides is 3. The summed E-state index contributed by atoms with van der Waals surface area (Å²) in [6.07, 6.45) is -3.95. The van der Waals surface area contributed by atoms with E-state index < -0.39 is 12.1 Å². The van der Waals surface area contributed by atoms with Crippen LogP contribution >= 0.6 is 11.6 Å². The molecule has 0 fully saturated rings. The van der Waals surface area contributed by atoms with Crippen LogP contribution in [0.5, 0.6) is 0 Å². The Morgan fingerprint density at radius 3 is 2.46 bits per heavy atom. The largest absolute Gasteiger partial charge is 0.490 e. The number of aryl methyl sites for hydroxylation is 2. The lowest BCUT2D eigenvalue weighted by atomic mass is 10.1. The molecule has 150 valence electrons. The van der Waals surface area contributed by atoms with E-state index in [1.807, 2.05) is 19.9 Å². The van der Waals surface area contributed by atoms with Crippen molar-refractivity contribution >= 4 is 34.0 Å². The van der Waals surface area contributed by atoms with E-state index in [4.69, 9.17) is 21.5 Å².